The Morgan fingerprint density at radius 2 is 1.66 bits per heavy atom. The van der Waals surface area contributed by atoms with Crippen LogP contribution in [0.1, 0.15) is 49.5 Å². The second-order valence-electron chi connectivity index (χ2n) is 8.60. The van der Waals surface area contributed by atoms with E-state index in [0.717, 1.165) is 18.4 Å². The van der Waals surface area contributed by atoms with Gasteiger partial charge in [0.05, 0.1) is 4.90 Å². The highest BCUT2D eigenvalue weighted by molar-refractivity contribution is 7.89. The molecule has 7 heteroatoms. The van der Waals surface area contributed by atoms with Gasteiger partial charge in [-0.15, -0.1) is 0 Å². The van der Waals surface area contributed by atoms with Crippen LogP contribution < -0.4 is 4.72 Å². The van der Waals surface area contributed by atoms with Crippen molar-refractivity contribution in [3.8, 4) is 0 Å². The average molecular weight is 416 g/mol. The molecule has 0 bridgehead atoms. The number of hydrogen-bond donors (Lipinski definition) is 1. The minimum absolute atomic E-state index is 0.00497. The van der Waals surface area contributed by atoms with Gasteiger partial charge in [-0.2, -0.15) is 0 Å². The van der Waals surface area contributed by atoms with Crippen molar-refractivity contribution in [2.45, 2.75) is 43.9 Å². The number of sulfonamides is 1. The third kappa shape index (κ3) is 5.42. The maximum atomic E-state index is 12.6. The molecule has 2 aromatic rings. The van der Waals surface area contributed by atoms with Crippen molar-refractivity contribution < 1.29 is 13.2 Å². The average Bonchev–Trinajstić information content (AvgIpc) is 2.72. The molecule has 1 aromatic heterocycles. The van der Waals surface area contributed by atoms with Crippen molar-refractivity contribution in [2.75, 3.05) is 19.6 Å². The summed E-state index contributed by atoms with van der Waals surface area (Å²) >= 11 is 0. The molecule has 1 amide bonds. The Morgan fingerprint density at radius 3 is 2.21 bits per heavy atom. The first-order valence-corrected chi connectivity index (χ1v) is 11.4. The van der Waals surface area contributed by atoms with Crippen molar-refractivity contribution >= 4 is 15.9 Å². The number of carbonyl (C=O) groups excluding carboxylic acids is 1. The lowest BCUT2D eigenvalue weighted by Gasteiger charge is -2.32. The van der Waals surface area contributed by atoms with E-state index in [4.69, 9.17) is 0 Å². The molecule has 1 saturated heterocycles. The van der Waals surface area contributed by atoms with Gasteiger partial charge in [0.1, 0.15) is 0 Å². The molecular formula is C22H29N3O3S. The zero-order chi connectivity index (χ0) is 21.1. The maximum Gasteiger partial charge on any atom is 0.253 e. The van der Waals surface area contributed by atoms with Crippen LogP contribution in [0.5, 0.6) is 0 Å². The van der Waals surface area contributed by atoms with Gasteiger partial charge in [-0.3, -0.25) is 9.78 Å². The smallest absolute Gasteiger partial charge is 0.253 e. The van der Waals surface area contributed by atoms with E-state index >= 15 is 0 Å². The van der Waals surface area contributed by atoms with E-state index in [9.17, 15) is 13.2 Å². The summed E-state index contributed by atoms with van der Waals surface area (Å²) in [4.78, 5) is 18.5. The van der Waals surface area contributed by atoms with Crippen LogP contribution in [-0.2, 0) is 15.4 Å². The van der Waals surface area contributed by atoms with Gasteiger partial charge in [-0.05, 0) is 54.0 Å². The topological polar surface area (TPSA) is 79.4 Å². The Bertz CT molecular complexity index is 928. The lowest BCUT2D eigenvalue weighted by molar-refractivity contribution is 0.0692. The molecule has 1 N–H and O–H groups in total. The number of amides is 1. The second kappa shape index (κ2) is 8.63. The number of hydrogen-bond acceptors (Lipinski definition) is 4. The lowest BCUT2D eigenvalue weighted by Crippen LogP contribution is -2.41. The number of nitrogens with zero attached hydrogens (tertiary/aromatic N) is 2. The molecule has 6 nitrogen and oxygen atoms in total. The van der Waals surface area contributed by atoms with E-state index < -0.39 is 10.0 Å². The minimum atomic E-state index is -3.53. The molecule has 3 rings (SSSR count). The Labute approximate surface area is 173 Å². The largest absolute Gasteiger partial charge is 0.339 e. The summed E-state index contributed by atoms with van der Waals surface area (Å²) in [6, 6.07) is 10.5. The Balaban J connectivity index is 1.52. The third-order valence-corrected chi connectivity index (χ3v) is 6.86. The van der Waals surface area contributed by atoms with Gasteiger partial charge < -0.3 is 4.90 Å². The molecule has 1 aliphatic heterocycles. The molecule has 0 saturated carbocycles. The molecule has 0 atom stereocenters. The van der Waals surface area contributed by atoms with Crippen LogP contribution >= 0.6 is 0 Å². The van der Waals surface area contributed by atoms with Gasteiger partial charge in [-0.1, -0.05) is 32.9 Å². The summed E-state index contributed by atoms with van der Waals surface area (Å²) in [5, 5.41) is 0. The molecule has 156 valence electrons. The molecule has 2 heterocycles. The highest BCUT2D eigenvalue weighted by atomic mass is 32.2. The molecule has 0 aliphatic carbocycles. The van der Waals surface area contributed by atoms with Crippen LogP contribution in [0.3, 0.4) is 0 Å². The number of likely N-dealkylation sites (tertiary alicyclic amines) is 1. The van der Waals surface area contributed by atoms with Gasteiger partial charge in [0, 0.05) is 37.6 Å². The number of benzene rings is 1. The first-order valence-electron chi connectivity index (χ1n) is 9.96. The van der Waals surface area contributed by atoms with Crippen LogP contribution in [-0.4, -0.2) is 43.8 Å². The fraction of sp³-hybridized carbons (Fsp3) is 0.455. The number of pyridine rings is 1. The van der Waals surface area contributed by atoms with Crippen molar-refractivity contribution in [1.82, 2.24) is 14.6 Å². The van der Waals surface area contributed by atoms with Crippen molar-refractivity contribution in [1.29, 1.82) is 0 Å². The van der Waals surface area contributed by atoms with E-state index in [1.54, 1.807) is 36.7 Å². The van der Waals surface area contributed by atoms with E-state index in [2.05, 4.69) is 30.5 Å². The number of piperidine rings is 1. The van der Waals surface area contributed by atoms with Gasteiger partial charge in [-0.25, -0.2) is 13.1 Å². The van der Waals surface area contributed by atoms with E-state index in [1.807, 2.05) is 17.0 Å². The molecule has 0 spiro atoms. The highest BCUT2D eigenvalue weighted by Crippen LogP contribution is 2.24. The van der Waals surface area contributed by atoms with Gasteiger partial charge in [0.25, 0.3) is 5.91 Å². The summed E-state index contributed by atoms with van der Waals surface area (Å²) in [5.74, 6) is 0.227. The SMILES string of the molecule is CC(C)(C)c1ccc(S(=O)(=O)NCC2CCN(C(=O)c3ccncc3)CC2)cc1. The lowest BCUT2D eigenvalue weighted by atomic mass is 9.87. The summed E-state index contributed by atoms with van der Waals surface area (Å²) < 4.78 is 28.0. The fourth-order valence-electron chi connectivity index (χ4n) is 3.46. The summed E-state index contributed by atoms with van der Waals surface area (Å²) in [6.07, 6.45) is 4.79. The molecule has 1 aromatic carbocycles. The Hall–Kier alpha value is -2.25. The highest BCUT2D eigenvalue weighted by Gasteiger charge is 2.25. The third-order valence-electron chi connectivity index (χ3n) is 5.42. The van der Waals surface area contributed by atoms with Gasteiger partial charge in [0.15, 0.2) is 0 Å². The molecule has 0 unspecified atom stereocenters. The first-order chi connectivity index (χ1) is 13.7. The Kier molecular flexibility index (Phi) is 6.39. The molecule has 1 fully saturated rings. The summed E-state index contributed by atoms with van der Waals surface area (Å²) in [5.41, 5.74) is 1.72. The van der Waals surface area contributed by atoms with E-state index in [0.29, 0.717) is 25.2 Å². The van der Waals surface area contributed by atoms with Crippen LogP contribution in [0.4, 0.5) is 0 Å². The van der Waals surface area contributed by atoms with Crippen LogP contribution in [0.2, 0.25) is 0 Å². The minimum Gasteiger partial charge on any atom is -0.339 e. The zero-order valence-corrected chi connectivity index (χ0v) is 18.1. The van der Waals surface area contributed by atoms with Crippen molar-refractivity contribution in [2.24, 2.45) is 5.92 Å². The standard InChI is InChI=1S/C22H29N3O3S/c1-22(2,3)19-4-6-20(7-5-19)29(27,28)24-16-17-10-14-25(15-11-17)21(26)18-8-12-23-13-9-18/h4-9,12-13,17,24H,10-11,14-16H2,1-3H3. The predicted molar refractivity (Wildman–Crippen MR) is 113 cm³/mol. The van der Waals surface area contributed by atoms with Crippen molar-refractivity contribution in [3.05, 3.63) is 59.9 Å². The maximum absolute atomic E-state index is 12.6. The molecular weight excluding hydrogens is 386 g/mol. The number of carbonyl (C=O) groups is 1. The molecule has 0 radical (unpaired) electrons. The van der Waals surface area contributed by atoms with Gasteiger partial charge >= 0.3 is 0 Å². The first kappa shape index (κ1) is 21.5. The number of aromatic nitrogens is 1. The number of rotatable bonds is 5. The zero-order valence-electron chi connectivity index (χ0n) is 17.3. The fourth-order valence-corrected chi connectivity index (χ4v) is 4.58. The number of nitrogens with one attached hydrogen (secondary N) is 1. The van der Waals surface area contributed by atoms with Crippen molar-refractivity contribution in [3.63, 3.8) is 0 Å². The second-order valence-corrected chi connectivity index (χ2v) is 10.4. The van der Waals surface area contributed by atoms with Crippen LogP contribution in [0.15, 0.2) is 53.7 Å². The normalized spacial score (nSPS) is 16.0. The van der Waals surface area contributed by atoms with Gasteiger partial charge in [0.2, 0.25) is 10.0 Å². The monoisotopic (exact) mass is 415 g/mol. The summed E-state index contributed by atoms with van der Waals surface area (Å²) in [7, 11) is -3.53. The van der Waals surface area contributed by atoms with Crippen LogP contribution in [0, 0.1) is 5.92 Å². The van der Waals surface area contributed by atoms with Crippen LogP contribution in [0.25, 0.3) is 0 Å². The molecule has 29 heavy (non-hydrogen) atoms. The quantitative estimate of drug-likeness (QED) is 0.813. The Morgan fingerprint density at radius 1 is 1.07 bits per heavy atom. The predicted octanol–water partition coefficient (Wildman–Crippen LogP) is 3.21. The summed E-state index contributed by atoms with van der Waals surface area (Å²) in [6.45, 7) is 7.95. The molecule has 1 aliphatic rings. The van der Waals surface area contributed by atoms with E-state index in [1.165, 1.54) is 0 Å². The van der Waals surface area contributed by atoms with E-state index in [-0.39, 0.29) is 22.1 Å².